The molecule has 2 amide bonds. The van der Waals surface area contributed by atoms with E-state index in [1.54, 1.807) is 30.1 Å². The van der Waals surface area contributed by atoms with Crippen molar-refractivity contribution in [1.82, 2.24) is 4.90 Å². The highest BCUT2D eigenvalue weighted by molar-refractivity contribution is 5.98. The molecule has 2 aromatic carbocycles. The smallest absolute Gasteiger partial charge is 0.230 e. The van der Waals surface area contributed by atoms with Crippen molar-refractivity contribution in [2.24, 2.45) is 5.92 Å². The zero-order chi connectivity index (χ0) is 18.1. The van der Waals surface area contributed by atoms with E-state index in [0.29, 0.717) is 30.4 Å². The summed E-state index contributed by atoms with van der Waals surface area (Å²) in [5, 5.41) is 2.92. The van der Waals surface area contributed by atoms with Crippen LogP contribution < -0.4 is 14.8 Å². The van der Waals surface area contributed by atoms with Gasteiger partial charge in [-0.25, -0.2) is 0 Å². The van der Waals surface area contributed by atoms with Crippen LogP contribution in [0, 0.1) is 5.92 Å². The molecule has 2 heterocycles. The summed E-state index contributed by atoms with van der Waals surface area (Å²) >= 11 is 0. The number of hydrogen-bond donors (Lipinski definition) is 1. The van der Waals surface area contributed by atoms with Gasteiger partial charge in [-0.3, -0.25) is 9.59 Å². The number of likely N-dealkylation sites (tertiary alicyclic amines) is 1. The minimum atomic E-state index is -0.442. The number of nitrogens with zero attached hydrogens (tertiary/aromatic N) is 1. The number of ether oxygens (including phenoxy) is 2. The molecule has 0 saturated carbocycles. The number of carbonyl (C=O) groups is 2. The number of fused-ring (bicyclic) bond motifs is 1. The van der Waals surface area contributed by atoms with Crippen LogP contribution in [0.3, 0.4) is 0 Å². The molecular weight excluding hydrogens is 332 g/mol. The molecule has 0 unspecified atom stereocenters. The van der Waals surface area contributed by atoms with E-state index in [0.717, 1.165) is 5.56 Å². The maximum absolute atomic E-state index is 12.9. The molecule has 2 aromatic rings. The van der Waals surface area contributed by atoms with Gasteiger partial charge in [-0.1, -0.05) is 30.3 Å². The number of nitrogens with one attached hydrogen (secondary N) is 1. The Bertz CT molecular complexity index is 837. The van der Waals surface area contributed by atoms with Gasteiger partial charge in [0.2, 0.25) is 11.8 Å². The highest BCUT2D eigenvalue weighted by Gasteiger charge is 2.42. The lowest BCUT2D eigenvalue weighted by atomic mass is 9.93. The Labute approximate surface area is 151 Å². The van der Waals surface area contributed by atoms with Gasteiger partial charge >= 0.3 is 0 Å². The lowest BCUT2D eigenvalue weighted by molar-refractivity contribution is -0.127. The molecular formula is C20H20N2O4. The molecule has 6 heteroatoms. The molecule has 1 saturated heterocycles. The van der Waals surface area contributed by atoms with Gasteiger partial charge in [0.05, 0.1) is 12.0 Å². The lowest BCUT2D eigenvalue weighted by Crippen LogP contribution is -2.30. The van der Waals surface area contributed by atoms with Gasteiger partial charge < -0.3 is 19.7 Å². The van der Waals surface area contributed by atoms with Crippen LogP contribution in [0.15, 0.2) is 48.5 Å². The number of benzene rings is 2. The number of carbonyl (C=O) groups excluding carboxylic acids is 2. The third-order valence-electron chi connectivity index (χ3n) is 4.87. The van der Waals surface area contributed by atoms with E-state index in [1.807, 2.05) is 30.3 Å². The molecule has 2 aliphatic rings. The van der Waals surface area contributed by atoms with Crippen LogP contribution in [0.1, 0.15) is 18.0 Å². The summed E-state index contributed by atoms with van der Waals surface area (Å²) < 4.78 is 11.1. The summed E-state index contributed by atoms with van der Waals surface area (Å²) in [5.41, 5.74) is 1.59. The number of hydrogen-bond acceptors (Lipinski definition) is 4. The first kappa shape index (κ1) is 16.4. The topological polar surface area (TPSA) is 67.9 Å². The van der Waals surface area contributed by atoms with Crippen LogP contribution >= 0.6 is 0 Å². The average Bonchev–Trinajstić information content (AvgIpc) is 2.97. The lowest BCUT2D eigenvalue weighted by Gasteiger charge is -2.25. The largest absolute Gasteiger partial charge is 0.486 e. The van der Waals surface area contributed by atoms with Crippen molar-refractivity contribution in [3.8, 4) is 11.5 Å². The summed E-state index contributed by atoms with van der Waals surface area (Å²) in [6.07, 6.45) is 0.201. The van der Waals surface area contributed by atoms with Crippen LogP contribution in [0.2, 0.25) is 0 Å². The standard InChI is InChI=1S/C20H20N2O4/c1-22-18(23)12-15(19(22)13-5-3-2-4-6-13)20(24)21-14-7-8-16-17(11-14)26-10-9-25-16/h2-8,11,15,19H,9-10,12H2,1H3,(H,21,24)/t15-,19+/m0/s1. The van der Waals surface area contributed by atoms with Crippen molar-refractivity contribution in [3.63, 3.8) is 0 Å². The van der Waals surface area contributed by atoms with Crippen LogP contribution in [-0.2, 0) is 9.59 Å². The number of rotatable bonds is 3. The maximum Gasteiger partial charge on any atom is 0.230 e. The van der Waals surface area contributed by atoms with Crippen molar-refractivity contribution in [3.05, 3.63) is 54.1 Å². The summed E-state index contributed by atoms with van der Waals surface area (Å²) in [6, 6.07) is 14.7. The molecule has 1 N–H and O–H groups in total. The molecule has 0 aliphatic carbocycles. The Morgan fingerprint density at radius 3 is 2.58 bits per heavy atom. The van der Waals surface area contributed by atoms with E-state index in [1.165, 1.54) is 0 Å². The highest BCUT2D eigenvalue weighted by Crippen LogP contribution is 2.38. The summed E-state index contributed by atoms with van der Waals surface area (Å²) in [6.45, 7) is 1.01. The van der Waals surface area contributed by atoms with E-state index < -0.39 is 5.92 Å². The van der Waals surface area contributed by atoms with E-state index in [-0.39, 0.29) is 24.3 Å². The Hall–Kier alpha value is -3.02. The quantitative estimate of drug-likeness (QED) is 0.922. The highest BCUT2D eigenvalue weighted by atomic mass is 16.6. The fourth-order valence-corrected chi connectivity index (χ4v) is 3.57. The van der Waals surface area contributed by atoms with Crippen LogP contribution in [0.4, 0.5) is 5.69 Å². The first-order valence-corrected chi connectivity index (χ1v) is 8.64. The van der Waals surface area contributed by atoms with Gasteiger partial charge in [-0.15, -0.1) is 0 Å². The van der Waals surface area contributed by atoms with Gasteiger partial charge in [-0.2, -0.15) is 0 Å². The molecule has 0 bridgehead atoms. The van der Waals surface area contributed by atoms with Gasteiger partial charge in [0.25, 0.3) is 0 Å². The molecule has 26 heavy (non-hydrogen) atoms. The number of amides is 2. The summed E-state index contributed by atoms with van der Waals surface area (Å²) in [4.78, 5) is 26.8. The molecule has 1 fully saturated rings. The van der Waals surface area contributed by atoms with Crippen LogP contribution in [0.5, 0.6) is 11.5 Å². The van der Waals surface area contributed by atoms with Gasteiger partial charge in [0.15, 0.2) is 11.5 Å². The van der Waals surface area contributed by atoms with Crippen molar-refractivity contribution in [1.29, 1.82) is 0 Å². The average molecular weight is 352 g/mol. The molecule has 134 valence electrons. The van der Waals surface area contributed by atoms with Gasteiger partial charge in [-0.05, 0) is 17.7 Å². The SMILES string of the molecule is CN1C(=O)C[C@H](C(=O)Nc2ccc3c(c2)OCCO3)[C@H]1c1ccccc1. The molecule has 2 aliphatic heterocycles. The van der Waals surface area contributed by atoms with E-state index >= 15 is 0 Å². The second-order valence-corrected chi connectivity index (χ2v) is 6.52. The minimum absolute atomic E-state index is 0.0267. The Kier molecular flexibility index (Phi) is 4.24. The van der Waals surface area contributed by atoms with Crippen LogP contribution in [-0.4, -0.2) is 37.0 Å². The van der Waals surface area contributed by atoms with Gasteiger partial charge in [0.1, 0.15) is 13.2 Å². The zero-order valence-corrected chi connectivity index (χ0v) is 14.5. The predicted octanol–water partition coefficient (Wildman–Crippen LogP) is 2.62. The van der Waals surface area contributed by atoms with E-state index in [2.05, 4.69) is 5.32 Å². The summed E-state index contributed by atoms with van der Waals surface area (Å²) in [7, 11) is 1.75. The normalized spacial score (nSPS) is 21.6. The Morgan fingerprint density at radius 2 is 1.81 bits per heavy atom. The fraction of sp³-hybridized carbons (Fsp3) is 0.300. The second-order valence-electron chi connectivity index (χ2n) is 6.52. The number of anilines is 1. The summed E-state index contributed by atoms with van der Waals surface area (Å²) in [5.74, 6) is 0.651. The second kappa shape index (κ2) is 6.71. The molecule has 2 atom stereocenters. The predicted molar refractivity (Wildman–Crippen MR) is 96.1 cm³/mol. The monoisotopic (exact) mass is 352 g/mol. The maximum atomic E-state index is 12.9. The van der Waals surface area contributed by atoms with Crippen molar-refractivity contribution in [2.45, 2.75) is 12.5 Å². The third-order valence-corrected chi connectivity index (χ3v) is 4.87. The van der Waals surface area contributed by atoms with Crippen molar-refractivity contribution >= 4 is 17.5 Å². The molecule has 6 nitrogen and oxygen atoms in total. The molecule has 0 aromatic heterocycles. The van der Waals surface area contributed by atoms with Crippen molar-refractivity contribution < 1.29 is 19.1 Å². The molecule has 0 spiro atoms. The molecule has 0 radical (unpaired) electrons. The molecule has 4 rings (SSSR count). The van der Waals surface area contributed by atoms with Crippen molar-refractivity contribution in [2.75, 3.05) is 25.6 Å². The minimum Gasteiger partial charge on any atom is -0.486 e. The Morgan fingerprint density at radius 1 is 1.08 bits per heavy atom. The zero-order valence-electron chi connectivity index (χ0n) is 14.5. The fourth-order valence-electron chi connectivity index (χ4n) is 3.57. The van der Waals surface area contributed by atoms with E-state index in [4.69, 9.17) is 9.47 Å². The first-order valence-electron chi connectivity index (χ1n) is 8.64. The third kappa shape index (κ3) is 2.98. The van der Waals surface area contributed by atoms with Crippen LogP contribution in [0.25, 0.3) is 0 Å². The Balaban J connectivity index is 1.56. The first-order chi connectivity index (χ1) is 12.6. The van der Waals surface area contributed by atoms with E-state index in [9.17, 15) is 9.59 Å². The van der Waals surface area contributed by atoms with Gasteiger partial charge in [0, 0.05) is 25.2 Å².